The number of nitrogens with one attached hydrogen (secondary N) is 1. The number of nitrogens with zero attached hydrogens (tertiary/aromatic N) is 1. The van der Waals surface area contributed by atoms with Crippen molar-refractivity contribution in [1.29, 1.82) is 0 Å². The van der Waals surface area contributed by atoms with Crippen LogP contribution in [0.4, 0.5) is 0 Å². The molecular weight excluding hydrogens is 328 g/mol. The lowest BCUT2D eigenvalue weighted by atomic mass is 9.93. The van der Waals surface area contributed by atoms with Crippen LogP contribution in [-0.4, -0.2) is 37.7 Å². The molecule has 1 aliphatic rings. The van der Waals surface area contributed by atoms with E-state index in [1.165, 1.54) is 5.56 Å². The zero-order valence-electron chi connectivity index (χ0n) is 15.8. The minimum Gasteiger partial charge on any atom is -0.489 e. The lowest BCUT2D eigenvalue weighted by Crippen LogP contribution is -2.41. The summed E-state index contributed by atoms with van der Waals surface area (Å²) in [4.78, 5) is 14.3. The number of hydrogen-bond acceptors (Lipinski definition) is 5. The normalized spacial score (nSPS) is 16.9. The lowest BCUT2D eigenvalue weighted by molar-refractivity contribution is 0.0526. The third-order valence-corrected chi connectivity index (χ3v) is 4.76. The van der Waals surface area contributed by atoms with Crippen molar-refractivity contribution in [2.45, 2.75) is 32.7 Å². The molecule has 26 heavy (non-hydrogen) atoms. The predicted octanol–water partition coefficient (Wildman–Crippen LogP) is 3.34. The van der Waals surface area contributed by atoms with E-state index in [0.717, 1.165) is 16.9 Å². The highest BCUT2D eigenvalue weighted by molar-refractivity contribution is 5.90. The van der Waals surface area contributed by atoms with Crippen molar-refractivity contribution < 1.29 is 14.3 Å². The van der Waals surface area contributed by atoms with Gasteiger partial charge < -0.3 is 9.47 Å². The second-order valence-electron chi connectivity index (χ2n) is 6.70. The van der Waals surface area contributed by atoms with E-state index in [1.54, 1.807) is 6.07 Å². The van der Waals surface area contributed by atoms with Crippen molar-refractivity contribution in [2.24, 2.45) is 0 Å². The number of fused-ring (bicyclic) bond motifs is 2. The number of benzene rings is 2. The van der Waals surface area contributed by atoms with Gasteiger partial charge in [-0.2, -0.15) is 0 Å². The van der Waals surface area contributed by atoms with Crippen molar-refractivity contribution in [1.82, 2.24) is 10.2 Å². The maximum atomic E-state index is 12.2. The summed E-state index contributed by atoms with van der Waals surface area (Å²) in [5, 5.41) is 3.66. The maximum Gasteiger partial charge on any atom is 0.338 e. The van der Waals surface area contributed by atoms with Crippen molar-refractivity contribution in [3.05, 3.63) is 64.7 Å². The van der Waals surface area contributed by atoms with Crippen LogP contribution < -0.4 is 10.1 Å². The van der Waals surface area contributed by atoms with Crippen LogP contribution in [0.5, 0.6) is 5.75 Å². The fourth-order valence-electron chi connectivity index (χ4n) is 3.09. The van der Waals surface area contributed by atoms with Crippen molar-refractivity contribution in [2.75, 3.05) is 20.7 Å². The first-order valence-corrected chi connectivity index (χ1v) is 8.95. The molecule has 0 radical (unpaired) electrons. The predicted molar refractivity (Wildman–Crippen MR) is 101 cm³/mol. The van der Waals surface area contributed by atoms with Gasteiger partial charge in [0.05, 0.1) is 24.4 Å². The fourth-order valence-corrected chi connectivity index (χ4v) is 3.09. The molecule has 1 aliphatic heterocycles. The molecule has 0 fully saturated rings. The Morgan fingerprint density at radius 2 is 2.04 bits per heavy atom. The molecule has 0 amide bonds. The van der Waals surface area contributed by atoms with Gasteiger partial charge in [0.25, 0.3) is 0 Å². The third-order valence-electron chi connectivity index (χ3n) is 4.76. The SMILES string of the molecule is CCOC(=O)c1ccc2c(c1)C(NC(C)N(C)C)c1ccccc1CO2. The van der Waals surface area contributed by atoms with Gasteiger partial charge in [0.2, 0.25) is 0 Å². The molecular formula is C21H26N2O3. The third kappa shape index (κ3) is 3.74. The molecule has 0 saturated carbocycles. The second kappa shape index (κ2) is 7.89. The van der Waals surface area contributed by atoms with Crippen LogP contribution in [0, 0.1) is 0 Å². The molecule has 5 heteroatoms. The quantitative estimate of drug-likeness (QED) is 0.659. The van der Waals surface area contributed by atoms with Gasteiger partial charge in [0.15, 0.2) is 0 Å². The number of hydrogen-bond donors (Lipinski definition) is 1. The van der Waals surface area contributed by atoms with E-state index in [4.69, 9.17) is 9.47 Å². The van der Waals surface area contributed by atoms with Crippen LogP contribution >= 0.6 is 0 Å². The number of rotatable bonds is 5. The fraction of sp³-hybridized carbons (Fsp3) is 0.381. The smallest absolute Gasteiger partial charge is 0.338 e. The Bertz CT molecular complexity index is 789. The second-order valence-corrected chi connectivity index (χ2v) is 6.70. The van der Waals surface area contributed by atoms with E-state index < -0.39 is 0 Å². The first kappa shape index (κ1) is 18.4. The first-order chi connectivity index (χ1) is 12.5. The van der Waals surface area contributed by atoms with Crippen molar-refractivity contribution in [3.63, 3.8) is 0 Å². The summed E-state index contributed by atoms with van der Waals surface area (Å²) >= 11 is 0. The summed E-state index contributed by atoms with van der Waals surface area (Å²) < 4.78 is 11.2. The Kier molecular flexibility index (Phi) is 5.59. The molecule has 5 nitrogen and oxygen atoms in total. The molecule has 2 aromatic rings. The summed E-state index contributed by atoms with van der Waals surface area (Å²) in [6, 6.07) is 13.7. The first-order valence-electron chi connectivity index (χ1n) is 8.95. The molecule has 1 heterocycles. The van der Waals surface area contributed by atoms with E-state index >= 15 is 0 Å². The molecule has 0 spiro atoms. The van der Waals surface area contributed by atoms with E-state index in [2.05, 4.69) is 29.3 Å². The molecule has 1 N–H and O–H groups in total. The lowest BCUT2D eigenvalue weighted by Gasteiger charge is -2.29. The maximum absolute atomic E-state index is 12.2. The van der Waals surface area contributed by atoms with Gasteiger partial charge in [0, 0.05) is 5.56 Å². The van der Waals surface area contributed by atoms with Crippen LogP contribution in [0.25, 0.3) is 0 Å². The molecule has 0 aliphatic carbocycles. The number of carbonyl (C=O) groups is 1. The highest BCUT2D eigenvalue weighted by Crippen LogP contribution is 2.37. The summed E-state index contributed by atoms with van der Waals surface area (Å²) in [5.74, 6) is 0.477. The Hall–Kier alpha value is -2.37. The van der Waals surface area contributed by atoms with Crippen LogP contribution in [0.15, 0.2) is 42.5 Å². The van der Waals surface area contributed by atoms with Crippen LogP contribution in [0.3, 0.4) is 0 Å². The Balaban J connectivity index is 2.08. The van der Waals surface area contributed by atoms with Crippen molar-refractivity contribution in [3.8, 4) is 5.75 Å². The average Bonchev–Trinajstić information content (AvgIpc) is 2.79. The topological polar surface area (TPSA) is 50.8 Å². The molecule has 2 unspecified atom stereocenters. The van der Waals surface area contributed by atoms with E-state index in [0.29, 0.717) is 18.8 Å². The van der Waals surface area contributed by atoms with Crippen LogP contribution in [0.2, 0.25) is 0 Å². The Morgan fingerprint density at radius 3 is 2.77 bits per heavy atom. The van der Waals surface area contributed by atoms with Crippen molar-refractivity contribution >= 4 is 5.97 Å². The number of ether oxygens (including phenoxy) is 2. The highest BCUT2D eigenvalue weighted by atomic mass is 16.5. The largest absolute Gasteiger partial charge is 0.489 e. The Morgan fingerprint density at radius 1 is 1.27 bits per heavy atom. The molecule has 2 atom stereocenters. The average molecular weight is 354 g/mol. The highest BCUT2D eigenvalue weighted by Gasteiger charge is 2.27. The molecule has 2 aromatic carbocycles. The van der Waals surface area contributed by atoms with Crippen LogP contribution in [0.1, 0.15) is 46.9 Å². The molecule has 0 saturated heterocycles. The Labute approximate surface area is 154 Å². The van der Waals surface area contributed by atoms with Gasteiger partial charge in [-0.3, -0.25) is 10.2 Å². The van der Waals surface area contributed by atoms with E-state index in [9.17, 15) is 4.79 Å². The summed E-state index contributed by atoms with van der Waals surface area (Å²) in [6.07, 6.45) is 0.144. The van der Waals surface area contributed by atoms with Gasteiger partial charge in [-0.25, -0.2) is 4.79 Å². The molecule has 138 valence electrons. The van der Waals surface area contributed by atoms with Gasteiger partial charge in [-0.05, 0) is 57.3 Å². The standard InChI is InChI=1S/C21H26N2O3/c1-5-25-21(24)15-10-11-19-18(12-15)20(22-14(2)23(3)4)17-9-7-6-8-16(17)13-26-19/h6-12,14,20,22H,5,13H2,1-4H3. The summed E-state index contributed by atoms with van der Waals surface area (Å²) in [6.45, 7) is 4.79. The zero-order valence-corrected chi connectivity index (χ0v) is 15.8. The molecule has 3 rings (SSSR count). The van der Waals surface area contributed by atoms with Crippen LogP contribution in [-0.2, 0) is 11.3 Å². The zero-order chi connectivity index (χ0) is 18.7. The molecule has 0 aromatic heterocycles. The monoisotopic (exact) mass is 354 g/mol. The van der Waals surface area contributed by atoms with Gasteiger partial charge in [-0.15, -0.1) is 0 Å². The number of carbonyl (C=O) groups excluding carboxylic acids is 1. The van der Waals surface area contributed by atoms with E-state index in [1.807, 2.05) is 45.3 Å². The summed E-state index contributed by atoms with van der Waals surface area (Å²) in [5.41, 5.74) is 3.80. The minimum absolute atomic E-state index is 0.0736. The van der Waals surface area contributed by atoms with E-state index in [-0.39, 0.29) is 18.2 Å². The minimum atomic E-state index is -0.313. The van der Waals surface area contributed by atoms with Gasteiger partial charge >= 0.3 is 5.97 Å². The number of esters is 1. The molecule has 0 bridgehead atoms. The van der Waals surface area contributed by atoms with Gasteiger partial charge in [-0.1, -0.05) is 24.3 Å². The summed E-state index contributed by atoms with van der Waals surface area (Å²) in [7, 11) is 4.07. The van der Waals surface area contributed by atoms with Gasteiger partial charge in [0.1, 0.15) is 12.4 Å².